The molecule has 1 aliphatic heterocycles. The highest BCUT2D eigenvalue weighted by Crippen LogP contribution is 2.33. The van der Waals surface area contributed by atoms with E-state index in [2.05, 4.69) is 38.7 Å². The number of nitrogens with zero attached hydrogens (tertiary/aromatic N) is 6. The minimum atomic E-state index is 0.287. The fraction of sp³-hybridized carbons (Fsp3) is 0.320. The number of rotatable bonds is 5. The van der Waals surface area contributed by atoms with Gasteiger partial charge in [0.1, 0.15) is 11.6 Å². The molecule has 32 heavy (non-hydrogen) atoms. The number of hydrogen-bond acceptors (Lipinski definition) is 7. The first-order valence-corrected chi connectivity index (χ1v) is 10.9. The molecule has 1 N–H and O–H groups in total. The maximum atomic E-state index is 9.55. The van der Waals surface area contributed by atoms with Crippen LogP contribution in [0.5, 0.6) is 5.75 Å². The van der Waals surface area contributed by atoms with Gasteiger partial charge in [0.25, 0.3) is 0 Å². The minimum absolute atomic E-state index is 0.287. The summed E-state index contributed by atoms with van der Waals surface area (Å²) in [4.78, 5) is 21.0. The number of aromatic hydroxyl groups is 1. The smallest absolute Gasteiger partial charge is 0.229 e. The van der Waals surface area contributed by atoms with E-state index in [1.807, 2.05) is 45.2 Å². The maximum Gasteiger partial charge on any atom is 0.229 e. The maximum absolute atomic E-state index is 9.55. The van der Waals surface area contributed by atoms with Gasteiger partial charge in [0.05, 0.1) is 0 Å². The first-order valence-electron chi connectivity index (χ1n) is 10.9. The van der Waals surface area contributed by atoms with Crippen LogP contribution in [-0.2, 0) is 0 Å². The normalized spacial score (nSPS) is 14.2. The van der Waals surface area contributed by atoms with Crippen molar-refractivity contribution < 1.29 is 5.11 Å². The fourth-order valence-corrected chi connectivity index (χ4v) is 4.08. The van der Waals surface area contributed by atoms with Crippen LogP contribution in [0.1, 0.15) is 18.1 Å². The summed E-state index contributed by atoms with van der Waals surface area (Å²) < 4.78 is 0. The van der Waals surface area contributed by atoms with Crippen molar-refractivity contribution in [2.24, 2.45) is 4.99 Å². The lowest BCUT2D eigenvalue weighted by molar-refractivity contribution is 0.475. The average molecular weight is 431 g/mol. The Labute approximate surface area is 189 Å². The Morgan fingerprint density at radius 1 is 0.938 bits per heavy atom. The summed E-state index contributed by atoms with van der Waals surface area (Å²) in [5, 5.41) is 9.55. The summed E-state index contributed by atoms with van der Waals surface area (Å²) in [6, 6.07) is 15.7. The first kappa shape index (κ1) is 21.6. The molecule has 166 valence electrons. The molecule has 0 radical (unpaired) electrons. The van der Waals surface area contributed by atoms with Crippen LogP contribution in [0.25, 0.3) is 0 Å². The standard InChI is InChI=1S/C25H30N6O/c1-5-26-23-19(3)24(29(4)22-9-7-6-8-18(22)2)28-25(27-23)31-16-14-30(15-17-31)20-10-12-21(32)13-11-20/h5-13,32H,14-17H2,1-4H3/b26-5-. The van der Waals surface area contributed by atoms with Gasteiger partial charge in [0, 0.05) is 56.4 Å². The third-order valence-corrected chi connectivity index (χ3v) is 5.91. The van der Waals surface area contributed by atoms with Gasteiger partial charge in [-0.1, -0.05) is 18.2 Å². The Bertz CT molecular complexity index is 1100. The number of aromatic nitrogens is 2. The van der Waals surface area contributed by atoms with Crippen LogP contribution in [0, 0.1) is 13.8 Å². The number of aryl methyl sites for hydroxylation is 1. The van der Waals surface area contributed by atoms with E-state index < -0.39 is 0 Å². The average Bonchev–Trinajstić information content (AvgIpc) is 2.81. The van der Waals surface area contributed by atoms with Gasteiger partial charge in [0.2, 0.25) is 5.95 Å². The van der Waals surface area contributed by atoms with Gasteiger partial charge < -0.3 is 19.8 Å². The molecular weight excluding hydrogens is 400 g/mol. The van der Waals surface area contributed by atoms with Crippen molar-refractivity contribution in [2.45, 2.75) is 20.8 Å². The number of phenolic OH excluding ortho intramolecular Hbond substituents is 1. The summed E-state index contributed by atoms with van der Waals surface area (Å²) in [5.41, 5.74) is 4.38. The quantitative estimate of drug-likeness (QED) is 0.596. The van der Waals surface area contributed by atoms with Crippen LogP contribution in [0.4, 0.5) is 29.0 Å². The highest BCUT2D eigenvalue weighted by atomic mass is 16.3. The zero-order chi connectivity index (χ0) is 22.7. The number of piperazine rings is 1. The molecule has 0 atom stereocenters. The largest absolute Gasteiger partial charge is 0.508 e. The molecule has 3 aromatic rings. The van der Waals surface area contributed by atoms with Crippen LogP contribution in [0.3, 0.4) is 0 Å². The monoisotopic (exact) mass is 430 g/mol. The second-order valence-corrected chi connectivity index (χ2v) is 8.02. The summed E-state index contributed by atoms with van der Waals surface area (Å²) in [5.74, 6) is 2.56. The summed E-state index contributed by atoms with van der Waals surface area (Å²) >= 11 is 0. The van der Waals surface area contributed by atoms with Crippen molar-refractivity contribution in [3.05, 3.63) is 59.7 Å². The van der Waals surface area contributed by atoms with Crippen molar-refractivity contribution in [3.8, 4) is 5.75 Å². The van der Waals surface area contributed by atoms with E-state index in [1.165, 1.54) is 5.56 Å². The Morgan fingerprint density at radius 3 is 2.25 bits per heavy atom. The summed E-state index contributed by atoms with van der Waals surface area (Å²) in [7, 11) is 2.05. The number of hydrogen-bond donors (Lipinski definition) is 1. The molecule has 0 aliphatic carbocycles. The van der Waals surface area contributed by atoms with Gasteiger partial charge in [-0.25, -0.2) is 4.99 Å². The van der Waals surface area contributed by atoms with Gasteiger partial charge in [-0.05, 0) is 56.7 Å². The second kappa shape index (κ2) is 9.26. The molecule has 2 heterocycles. The first-order chi connectivity index (χ1) is 15.5. The van der Waals surface area contributed by atoms with Gasteiger partial charge in [-0.3, -0.25) is 0 Å². The molecule has 4 rings (SSSR count). The molecule has 0 amide bonds. The van der Waals surface area contributed by atoms with E-state index in [9.17, 15) is 5.11 Å². The van der Waals surface area contributed by atoms with Crippen LogP contribution >= 0.6 is 0 Å². The molecular formula is C25H30N6O. The lowest BCUT2D eigenvalue weighted by Gasteiger charge is -2.36. The van der Waals surface area contributed by atoms with E-state index in [0.29, 0.717) is 11.8 Å². The predicted octanol–water partition coefficient (Wildman–Crippen LogP) is 4.62. The van der Waals surface area contributed by atoms with E-state index in [-0.39, 0.29) is 5.75 Å². The van der Waals surface area contributed by atoms with Crippen LogP contribution < -0.4 is 14.7 Å². The fourth-order valence-electron chi connectivity index (χ4n) is 4.08. The minimum Gasteiger partial charge on any atom is -0.508 e. The molecule has 1 saturated heterocycles. The van der Waals surface area contributed by atoms with Crippen molar-refractivity contribution in [2.75, 3.05) is 47.9 Å². The Hall–Kier alpha value is -3.61. The van der Waals surface area contributed by atoms with E-state index in [4.69, 9.17) is 9.97 Å². The number of phenols is 1. The SMILES string of the molecule is C/C=N\c1nc(N2CCN(c3ccc(O)cc3)CC2)nc(N(C)c2ccccc2C)c1C. The van der Waals surface area contributed by atoms with Crippen LogP contribution in [-0.4, -0.2) is 54.5 Å². The number of benzene rings is 2. The zero-order valence-corrected chi connectivity index (χ0v) is 19.2. The summed E-state index contributed by atoms with van der Waals surface area (Å²) in [6.45, 7) is 9.38. The molecule has 0 unspecified atom stereocenters. The molecule has 0 spiro atoms. The Kier molecular flexibility index (Phi) is 6.25. The van der Waals surface area contributed by atoms with Gasteiger partial charge in [0.15, 0.2) is 5.82 Å². The molecule has 0 bridgehead atoms. The van der Waals surface area contributed by atoms with Gasteiger partial charge in [-0.15, -0.1) is 0 Å². The zero-order valence-electron chi connectivity index (χ0n) is 19.2. The van der Waals surface area contributed by atoms with Crippen molar-refractivity contribution >= 4 is 35.2 Å². The van der Waals surface area contributed by atoms with Gasteiger partial charge in [-0.2, -0.15) is 9.97 Å². The molecule has 1 fully saturated rings. The molecule has 1 aromatic heterocycles. The Balaban J connectivity index is 1.62. The predicted molar refractivity (Wildman–Crippen MR) is 132 cm³/mol. The third-order valence-electron chi connectivity index (χ3n) is 5.91. The van der Waals surface area contributed by atoms with E-state index in [1.54, 1.807) is 18.3 Å². The lowest BCUT2D eigenvalue weighted by Crippen LogP contribution is -2.47. The molecule has 7 nitrogen and oxygen atoms in total. The van der Waals surface area contributed by atoms with Crippen LogP contribution in [0.15, 0.2) is 53.5 Å². The van der Waals surface area contributed by atoms with E-state index >= 15 is 0 Å². The highest BCUT2D eigenvalue weighted by molar-refractivity contribution is 5.71. The molecule has 1 aliphatic rings. The lowest BCUT2D eigenvalue weighted by atomic mass is 10.1. The summed E-state index contributed by atoms with van der Waals surface area (Å²) in [6.07, 6.45) is 1.78. The topological polar surface area (TPSA) is 68.1 Å². The molecule has 2 aromatic carbocycles. The molecule has 0 saturated carbocycles. The second-order valence-electron chi connectivity index (χ2n) is 8.02. The number of aliphatic imine (C=N–C) groups is 1. The number of para-hydroxylation sites is 1. The van der Waals surface area contributed by atoms with Crippen LogP contribution in [0.2, 0.25) is 0 Å². The van der Waals surface area contributed by atoms with Gasteiger partial charge >= 0.3 is 0 Å². The van der Waals surface area contributed by atoms with Crippen molar-refractivity contribution in [1.82, 2.24) is 9.97 Å². The van der Waals surface area contributed by atoms with Crippen molar-refractivity contribution in [3.63, 3.8) is 0 Å². The number of anilines is 4. The van der Waals surface area contributed by atoms with Crippen molar-refractivity contribution in [1.29, 1.82) is 0 Å². The van der Waals surface area contributed by atoms with E-state index in [0.717, 1.165) is 48.9 Å². The molecule has 7 heteroatoms. The highest BCUT2D eigenvalue weighted by Gasteiger charge is 2.23. The third kappa shape index (κ3) is 4.37. The Morgan fingerprint density at radius 2 is 1.59 bits per heavy atom.